The minimum Gasteiger partial charge on any atom is -0.478 e. The van der Waals surface area contributed by atoms with Gasteiger partial charge in [0.15, 0.2) is 0 Å². The number of carbonyl (C=O) groups excluding carboxylic acids is 1. The fourth-order valence-electron chi connectivity index (χ4n) is 1.73. The summed E-state index contributed by atoms with van der Waals surface area (Å²) in [6, 6.07) is 8.53. The van der Waals surface area contributed by atoms with Crippen LogP contribution in [0.4, 0.5) is 11.4 Å². The average Bonchev–Trinajstić information content (AvgIpc) is 2.39. The number of carboxylic acids is 1. The molecule has 0 unspecified atom stereocenters. The van der Waals surface area contributed by atoms with Gasteiger partial charge in [-0.2, -0.15) is 0 Å². The number of hydrogen-bond donors (Lipinski definition) is 3. The van der Waals surface area contributed by atoms with E-state index in [4.69, 9.17) is 34.0 Å². The zero-order valence-electron chi connectivity index (χ0n) is 10.6. The summed E-state index contributed by atoms with van der Waals surface area (Å²) in [5.74, 6) is -1.71. The first-order valence-electron chi connectivity index (χ1n) is 5.77. The van der Waals surface area contributed by atoms with Crippen molar-refractivity contribution in [3.05, 3.63) is 57.6 Å². The fraction of sp³-hybridized carbons (Fsp3) is 0. The number of anilines is 2. The largest absolute Gasteiger partial charge is 0.478 e. The molecule has 0 radical (unpaired) electrons. The Kier molecular flexibility index (Phi) is 4.35. The number of aromatic carboxylic acids is 1. The Morgan fingerprint density at radius 3 is 2.24 bits per heavy atom. The molecule has 0 aromatic heterocycles. The molecular weight excluding hydrogens is 315 g/mol. The number of nitrogens with two attached hydrogens (primary N) is 1. The van der Waals surface area contributed by atoms with Gasteiger partial charge >= 0.3 is 5.97 Å². The van der Waals surface area contributed by atoms with E-state index in [-0.39, 0.29) is 22.5 Å². The second-order valence-corrected chi connectivity index (χ2v) is 5.10. The summed E-state index contributed by atoms with van der Waals surface area (Å²) >= 11 is 11.6. The van der Waals surface area contributed by atoms with Crippen LogP contribution in [0.15, 0.2) is 36.4 Å². The van der Waals surface area contributed by atoms with Crippen molar-refractivity contribution in [3.63, 3.8) is 0 Å². The molecule has 0 bridgehead atoms. The highest BCUT2D eigenvalue weighted by Crippen LogP contribution is 2.22. The van der Waals surface area contributed by atoms with Gasteiger partial charge in [0.1, 0.15) is 0 Å². The molecule has 5 nitrogen and oxygen atoms in total. The molecule has 0 saturated heterocycles. The maximum atomic E-state index is 12.1. The maximum absolute atomic E-state index is 12.1. The van der Waals surface area contributed by atoms with E-state index in [0.29, 0.717) is 10.0 Å². The summed E-state index contributed by atoms with van der Waals surface area (Å²) in [5.41, 5.74) is 6.08. The van der Waals surface area contributed by atoms with Gasteiger partial charge in [-0.25, -0.2) is 4.79 Å². The lowest BCUT2D eigenvalue weighted by atomic mass is 10.1. The van der Waals surface area contributed by atoms with Gasteiger partial charge in [0.25, 0.3) is 5.91 Å². The van der Waals surface area contributed by atoms with E-state index in [1.807, 2.05) is 0 Å². The lowest BCUT2D eigenvalue weighted by molar-refractivity contribution is 0.0698. The smallest absolute Gasteiger partial charge is 0.337 e. The number of halogens is 2. The van der Waals surface area contributed by atoms with Crippen molar-refractivity contribution in [2.24, 2.45) is 0 Å². The zero-order valence-corrected chi connectivity index (χ0v) is 12.1. The Hall–Kier alpha value is -2.24. The number of nitrogens with one attached hydrogen (secondary N) is 1. The first kappa shape index (κ1) is 15.2. The minimum atomic E-state index is -1.19. The van der Waals surface area contributed by atoms with Gasteiger partial charge in [-0.15, -0.1) is 0 Å². The lowest BCUT2D eigenvalue weighted by Crippen LogP contribution is -2.15. The molecule has 108 valence electrons. The molecule has 2 aromatic carbocycles. The normalized spacial score (nSPS) is 10.2. The first-order valence-corrected chi connectivity index (χ1v) is 6.52. The quantitative estimate of drug-likeness (QED) is 0.753. The number of nitrogen functional groups attached to an aromatic ring is 1. The molecule has 0 fully saturated rings. The third-order valence-corrected chi connectivity index (χ3v) is 3.08. The Bertz CT molecular complexity index is 712. The number of benzene rings is 2. The van der Waals surface area contributed by atoms with Crippen molar-refractivity contribution in [1.82, 2.24) is 0 Å². The highest BCUT2D eigenvalue weighted by atomic mass is 35.5. The van der Waals surface area contributed by atoms with Crippen LogP contribution in [0.2, 0.25) is 10.0 Å². The molecule has 7 heteroatoms. The van der Waals surface area contributed by atoms with Crippen molar-refractivity contribution in [1.29, 1.82) is 0 Å². The summed E-state index contributed by atoms with van der Waals surface area (Å²) in [7, 11) is 0. The van der Waals surface area contributed by atoms with E-state index < -0.39 is 11.9 Å². The van der Waals surface area contributed by atoms with E-state index in [1.54, 1.807) is 0 Å². The molecule has 2 rings (SSSR count). The highest BCUT2D eigenvalue weighted by Gasteiger charge is 2.14. The molecular formula is C14H10Cl2N2O3. The van der Waals surface area contributed by atoms with E-state index in [9.17, 15) is 9.59 Å². The molecule has 4 N–H and O–H groups in total. The van der Waals surface area contributed by atoms with Gasteiger partial charge in [0.05, 0.1) is 11.3 Å². The van der Waals surface area contributed by atoms with Crippen LogP contribution in [0.1, 0.15) is 20.7 Å². The SMILES string of the molecule is Nc1ccc(NC(=O)c2cc(Cl)cc(Cl)c2)c(C(=O)O)c1. The van der Waals surface area contributed by atoms with Gasteiger partial charge in [0, 0.05) is 21.3 Å². The predicted molar refractivity (Wildman–Crippen MR) is 82.2 cm³/mol. The average molecular weight is 325 g/mol. The minimum absolute atomic E-state index is 0.100. The van der Waals surface area contributed by atoms with Gasteiger partial charge in [-0.05, 0) is 36.4 Å². The molecule has 0 saturated carbocycles. The molecule has 0 aliphatic heterocycles. The molecule has 1 amide bonds. The highest BCUT2D eigenvalue weighted by molar-refractivity contribution is 6.35. The predicted octanol–water partition coefficient (Wildman–Crippen LogP) is 3.53. The first-order chi connectivity index (χ1) is 9.86. The van der Waals surface area contributed by atoms with Gasteiger partial charge < -0.3 is 16.2 Å². The third-order valence-electron chi connectivity index (χ3n) is 2.65. The zero-order chi connectivity index (χ0) is 15.6. The van der Waals surface area contributed by atoms with Gasteiger partial charge in [-0.1, -0.05) is 23.2 Å². The summed E-state index contributed by atoms with van der Waals surface area (Å²) in [4.78, 5) is 23.3. The summed E-state index contributed by atoms with van der Waals surface area (Å²) in [6.45, 7) is 0. The van der Waals surface area contributed by atoms with Crippen LogP contribution in [-0.2, 0) is 0 Å². The van der Waals surface area contributed by atoms with E-state index in [1.165, 1.54) is 36.4 Å². The second-order valence-electron chi connectivity index (χ2n) is 4.22. The van der Waals surface area contributed by atoms with Crippen LogP contribution < -0.4 is 11.1 Å². The fourth-order valence-corrected chi connectivity index (χ4v) is 2.25. The van der Waals surface area contributed by atoms with E-state index >= 15 is 0 Å². The summed E-state index contributed by atoms with van der Waals surface area (Å²) in [6.07, 6.45) is 0. The Morgan fingerprint density at radius 1 is 1.05 bits per heavy atom. The molecule has 0 heterocycles. The second kappa shape index (κ2) is 6.03. The number of hydrogen-bond acceptors (Lipinski definition) is 3. The topological polar surface area (TPSA) is 92.4 Å². The molecule has 0 aliphatic carbocycles. The van der Waals surface area contributed by atoms with Crippen LogP contribution in [-0.4, -0.2) is 17.0 Å². The monoisotopic (exact) mass is 324 g/mol. The Labute approximate surface area is 130 Å². The van der Waals surface area contributed by atoms with Crippen LogP contribution in [0.25, 0.3) is 0 Å². The number of rotatable bonds is 3. The molecule has 21 heavy (non-hydrogen) atoms. The van der Waals surface area contributed by atoms with Crippen molar-refractivity contribution in [3.8, 4) is 0 Å². The third kappa shape index (κ3) is 3.65. The van der Waals surface area contributed by atoms with Crippen LogP contribution in [0.3, 0.4) is 0 Å². The molecule has 0 spiro atoms. The number of carboxylic acid groups (broad SMARTS) is 1. The standard InChI is InChI=1S/C14H10Cl2N2O3/c15-8-3-7(4-9(16)5-8)13(19)18-12-2-1-10(17)6-11(12)14(20)21/h1-6H,17H2,(H,18,19)(H,20,21). The van der Waals surface area contributed by atoms with Gasteiger partial charge in [0.2, 0.25) is 0 Å². The van der Waals surface area contributed by atoms with Crippen molar-refractivity contribution >= 4 is 46.5 Å². The summed E-state index contributed by atoms with van der Waals surface area (Å²) < 4.78 is 0. The maximum Gasteiger partial charge on any atom is 0.337 e. The van der Waals surface area contributed by atoms with E-state index in [2.05, 4.69) is 5.32 Å². The van der Waals surface area contributed by atoms with Crippen LogP contribution >= 0.6 is 23.2 Å². The van der Waals surface area contributed by atoms with Gasteiger partial charge in [-0.3, -0.25) is 4.79 Å². The molecule has 0 atom stereocenters. The molecule has 0 aliphatic rings. The number of carbonyl (C=O) groups is 2. The number of amides is 1. The lowest BCUT2D eigenvalue weighted by Gasteiger charge is -2.09. The Balaban J connectivity index is 2.33. The van der Waals surface area contributed by atoms with E-state index in [0.717, 1.165) is 0 Å². The van der Waals surface area contributed by atoms with Crippen molar-refractivity contribution < 1.29 is 14.7 Å². The van der Waals surface area contributed by atoms with Crippen molar-refractivity contribution in [2.45, 2.75) is 0 Å². The molecule has 2 aromatic rings. The van der Waals surface area contributed by atoms with Crippen molar-refractivity contribution in [2.75, 3.05) is 11.1 Å². The Morgan fingerprint density at radius 2 is 1.67 bits per heavy atom. The van der Waals surface area contributed by atoms with Crippen LogP contribution in [0, 0.1) is 0 Å². The summed E-state index contributed by atoms with van der Waals surface area (Å²) in [5, 5.41) is 12.2. The van der Waals surface area contributed by atoms with Crippen LogP contribution in [0.5, 0.6) is 0 Å².